The summed E-state index contributed by atoms with van der Waals surface area (Å²) in [6, 6.07) is 9.71. The minimum Gasteiger partial charge on any atom is -0.455 e. The second-order valence-electron chi connectivity index (χ2n) is 7.07. The quantitative estimate of drug-likeness (QED) is 0.341. The number of fused-ring (bicyclic) bond motifs is 2. The van der Waals surface area contributed by atoms with E-state index in [0.717, 1.165) is 48.7 Å². The average Bonchev–Trinajstić information content (AvgIpc) is 2.94. The summed E-state index contributed by atoms with van der Waals surface area (Å²) in [6.07, 6.45) is 6.73. The van der Waals surface area contributed by atoms with Gasteiger partial charge in [-0.05, 0) is 43.4 Å². The molecule has 0 atom stereocenters. The van der Waals surface area contributed by atoms with Gasteiger partial charge in [0.2, 0.25) is 0 Å². The van der Waals surface area contributed by atoms with Crippen LogP contribution in [0.2, 0.25) is 0 Å². The first-order valence-electron chi connectivity index (χ1n) is 9.98. The summed E-state index contributed by atoms with van der Waals surface area (Å²) in [5, 5.41) is 13.4. The van der Waals surface area contributed by atoms with Crippen LogP contribution in [0.15, 0.2) is 35.5 Å². The van der Waals surface area contributed by atoms with Gasteiger partial charge in [0.25, 0.3) is 5.91 Å². The van der Waals surface area contributed by atoms with Gasteiger partial charge in [0.1, 0.15) is 16.1 Å². The predicted molar refractivity (Wildman–Crippen MR) is 120 cm³/mol. The molecule has 0 saturated carbocycles. The Balaban J connectivity index is 1.28. The SMILES string of the molecule is N#Cc1c(NC(=O)COC(=O)CSc2cnc3ccccc3n2)sc2c1CCCCC2. The number of carbonyl (C=O) groups is 2. The molecule has 9 heteroatoms. The minimum absolute atomic E-state index is 0.0248. The topological polar surface area (TPSA) is 105 Å². The first-order chi connectivity index (χ1) is 15.1. The van der Waals surface area contributed by atoms with Gasteiger partial charge in [0.05, 0.1) is 28.5 Å². The van der Waals surface area contributed by atoms with Crippen molar-refractivity contribution >= 4 is 51.0 Å². The van der Waals surface area contributed by atoms with Crippen molar-refractivity contribution in [2.75, 3.05) is 17.7 Å². The summed E-state index contributed by atoms with van der Waals surface area (Å²) in [7, 11) is 0. The Morgan fingerprint density at radius 1 is 1.19 bits per heavy atom. The van der Waals surface area contributed by atoms with Crippen molar-refractivity contribution in [3.8, 4) is 6.07 Å². The third kappa shape index (κ3) is 5.21. The van der Waals surface area contributed by atoms with Crippen LogP contribution in [0.25, 0.3) is 11.0 Å². The number of thiophene rings is 1. The van der Waals surface area contributed by atoms with Crippen molar-refractivity contribution in [2.45, 2.75) is 37.1 Å². The van der Waals surface area contributed by atoms with Crippen LogP contribution in [0.4, 0.5) is 5.00 Å². The highest BCUT2D eigenvalue weighted by atomic mass is 32.2. The normalized spacial score (nSPS) is 13.1. The number of nitrogens with one attached hydrogen (secondary N) is 1. The van der Waals surface area contributed by atoms with Gasteiger partial charge < -0.3 is 10.1 Å². The molecule has 4 rings (SSSR count). The van der Waals surface area contributed by atoms with E-state index in [-0.39, 0.29) is 5.75 Å². The van der Waals surface area contributed by atoms with Gasteiger partial charge >= 0.3 is 5.97 Å². The molecule has 0 unspecified atom stereocenters. The predicted octanol–water partition coefficient (Wildman–Crippen LogP) is 4.11. The van der Waals surface area contributed by atoms with E-state index in [2.05, 4.69) is 21.4 Å². The summed E-state index contributed by atoms with van der Waals surface area (Å²) < 4.78 is 5.08. The summed E-state index contributed by atoms with van der Waals surface area (Å²) in [5.74, 6) is -0.939. The van der Waals surface area contributed by atoms with Crippen molar-refractivity contribution in [1.29, 1.82) is 5.26 Å². The fourth-order valence-corrected chi connectivity index (χ4v) is 5.34. The highest BCUT2D eigenvalue weighted by Crippen LogP contribution is 2.36. The molecule has 0 radical (unpaired) electrons. The number of amides is 1. The van der Waals surface area contributed by atoms with Crippen molar-refractivity contribution in [3.63, 3.8) is 0 Å². The number of esters is 1. The van der Waals surface area contributed by atoms with Gasteiger partial charge in [-0.1, -0.05) is 30.3 Å². The number of rotatable bonds is 6. The Bertz CT molecular complexity index is 1170. The molecule has 1 aromatic carbocycles. The maximum absolute atomic E-state index is 12.3. The van der Waals surface area contributed by atoms with Crippen LogP contribution < -0.4 is 5.32 Å². The number of anilines is 1. The Hall–Kier alpha value is -2.96. The number of aryl methyl sites for hydroxylation is 1. The van der Waals surface area contributed by atoms with Crippen LogP contribution in [0.5, 0.6) is 0 Å². The van der Waals surface area contributed by atoms with E-state index in [4.69, 9.17) is 4.74 Å². The van der Waals surface area contributed by atoms with E-state index in [1.807, 2.05) is 24.3 Å². The van der Waals surface area contributed by atoms with Crippen LogP contribution in [0, 0.1) is 11.3 Å². The number of hydrogen-bond donors (Lipinski definition) is 1. The average molecular weight is 453 g/mol. The molecule has 7 nitrogen and oxygen atoms in total. The molecule has 1 aliphatic carbocycles. The highest BCUT2D eigenvalue weighted by Gasteiger charge is 2.21. The number of nitrogens with zero attached hydrogens (tertiary/aromatic N) is 3. The number of thioether (sulfide) groups is 1. The Morgan fingerprint density at radius 2 is 2.00 bits per heavy atom. The molecule has 0 fully saturated rings. The minimum atomic E-state index is -0.516. The second-order valence-corrected chi connectivity index (χ2v) is 9.18. The van der Waals surface area contributed by atoms with Gasteiger partial charge in [0, 0.05) is 4.88 Å². The van der Waals surface area contributed by atoms with Crippen LogP contribution in [-0.2, 0) is 27.2 Å². The fraction of sp³-hybridized carbons (Fsp3) is 0.318. The van der Waals surface area contributed by atoms with E-state index < -0.39 is 18.5 Å². The Kier molecular flexibility index (Phi) is 6.79. The zero-order chi connectivity index (χ0) is 21.6. The molecule has 1 amide bonds. The number of aromatic nitrogens is 2. The Labute approximate surface area is 187 Å². The molecule has 0 saturated heterocycles. The van der Waals surface area contributed by atoms with Gasteiger partial charge in [-0.15, -0.1) is 11.3 Å². The molecular weight excluding hydrogens is 432 g/mol. The standard InChI is InChI=1S/C22H20N4O3S2/c23-10-15-14-6-2-1-3-9-18(14)31-22(15)26-19(27)12-29-21(28)13-30-20-11-24-16-7-4-5-8-17(16)25-20/h4-5,7-8,11H,1-3,6,9,12-13H2,(H,26,27). The van der Waals surface area contributed by atoms with Gasteiger partial charge in [-0.3, -0.25) is 14.6 Å². The summed E-state index contributed by atoms with van der Waals surface area (Å²) >= 11 is 2.66. The number of hydrogen-bond acceptors (Lipinski definition) is 8. The molecule has 31 heavy (non-hydrogen) atoms. The molecule has 0 aliphatic heterocycles. The van der Waals surface area contributed by atoms with Crippen LogP contribution in [0.1, 0.15) is 35.3 Å². The second kappa shape index (κ2) is 9.90. The number of benzene rings is 1. The van der Waals surface area contributed by atoms with E-state index in [1.54, 1.807) is 6.20 Å². The molecule has 0 spiro atoms. The lowest BCUT2D eigenvalue weighted by atomic mass is 10.1. The van der Waals surface area contributed by atoms with Crippen molar-refractivity contribution in [2.24, 2.45) is 0 Å². The lowest BCUT2D eigenvalue weighted by molar-refractivity contribution is -0.144. The molecule has 0 bridgehead atoms. The molecule has 1 aliphatic rings. The van der Waals surface area contributed by atoms with Gasteiger partial charge in [0.15, 0.2) is 6.61 Å². The van der Waals surface area contributed by atoms with Gasteiger partial charge in [-0.2, -0.15) is 5.26 Å². The third-order valence-corrected chi connectivity index (χ3v) is 6.99. The lowest BCUT2D eigenvalue weighted by Gasteiger charge is -2.06. The van der Waals surface area contributed by atoms with Crippen LogP contribution in [-0.4, -0.2) is 34.2 Å². The van der Waals surface area contributed by atoms with Crippen molar-refractivity contribution in [1.82, 2.24) is 9.97 Å². The molecule has 158 valence electrons. The zero-order valence-electron chi connectivity index (χ0n) is 16.7. The lowest BCUT2D eigenvalue weighted by Crippen LogP contribution is -2.21. The monoisotopic (exact) mass is 452 g/mol. The first kappa shape index (κ1) is 21.3. The molecule has 2 aromatic heterocycles. The summed E-state index contributed by atoms with van der Waals surface area (Å²) in [4.78, 5) is 34.2. The fourth-order valence-electron chi connectivity index (χ4n) is 3.44. The highest BCUT2D eigenvalue weighted by molar-refractivity contribution is 7.99. The molecule has 3 aromatic rings. The zero-order valence-corrected chi connectivity index (χ0v) is 18.4. The molecule has 1 N–H and O–H groups in total. The van der Waals surface area contributed by atoms with E-state index in [0.29, 0.717) is 15.6 Å². The molecular formula is C22H20N4O3S2. The smallest absolute Gasteiger partial charge is 0.316 e. The maximum atomic E-state index is 12.3. The number of nitriles is 1. The van der Waals surface area contributed by atoms with E-state index >= 15 is 0 Å². The summed E-state index contributed by atoms with van der Waals surface area (Å²) in [6.45, 7) is -0.393. The first-order valence-corrected chi connectivity index (χ1v) is 11.8. The van der Waals surface area contributed by atoms with Crippen LogP contribution in [0.3, 0.4) is 0 Å². The van der Waals surface area contributed by atoms with E-state index in [9.17, 15) is 14.9 Å². The van der Waals surface area contributed by atoms with E-state index in [1.165, 1.54) is 28.0 Å². The summed E-state index contributed by atoms with van der Waals surface area (Å²) in [5.41, 5.74) is 3.15. The van der Waals surface area contributed by atoms with Crippen molar-refractivity contribution < 1.29 is 14.3 Å². The maximum Gasteiger partial charge on any atom is 0.316 e. The molecule has 2 heterocycles. The van der Waals surface area contributed by atoms with Gasteiger partial charge in [-0.25, -0.2) is 4.98 Å². The van der Waals surface area contributed by atoms with Crippen molar-refractivity contribution in [3.05, 3.63) is 46.5 Å². The third-order valence-electron chi connectivity index (χ3n) is 4.91. The largest absolute Gasteiger partial charge is 0.455 e. The Morgan fingerprint density at radius 3 is 2.84 bits per heavy atom. The number of carbonyl (C=O) groups excluding carboxylic acids is 2. The number of para-hydroxylation sites is 2. The number of ether oxygens (including phenoxy) is 1. The van der Waals surface area contributed by atoms with Crippen LogP contribution >= 0.6 is 23.1 Å².